The number of benzene rings is 2. The van der Waals surface area contributed by atoms with Crippen LogP contribution in [0.4, 0.5) is 13.2 Å². The molecule has 1 aromatic heterocycles. The summed E-state index contributed by atoms with van der Waals surface area (Å²) in [6, 6.07) is 12.2. The van der Waals surface area contributed by atoms with E-state index in [-0.39, 0.29) is 23.6 Å². The number of hydrogen-bond donors (Lipinski definition) is 4. The first kappa shape index (κ1) is 19.4. The van der Waals surface area contributed by atoms with Gasteiger partial charge >= 0.3 is 6.18 Å². The number of halogens is 3. The van der Waals surface area contributed by atoms with Crippen molar-refractivity contribution in [2.24, 2.45) is 0 Å². The Hall–Kier alpha value is -3.33. The molecule has 0 aliphatic rings. The second kappa shape index (κ2) is 7.73. The van der Waals surface area contributed by atoms with Gasteiger partial charge in [-0.05, 0) is 35.9 Å². The molecule has 1 amide bonds. The number of alkyl halides is 3. The Morgan fingerprint density at radius 1 is 1.14 bits per heavy atom. The van der Waals surface area contributed by atoms with E-state index >= 15 is 0 Å². The number of H-pyrrole nitrogens is 1. The van der Waals surface area contributed by atoms with Crippen LogP contribution in [0.2, 0.25) is 0 Å². The van der Waals surface area contributed by atoms with E-state index in [1.54, 1.807) is 18.2 Å². The standard InChI is InChI=1S/C19H16F3N3O3/c20-19(21,22)12-5-3-4-11(8-12)17(27)10-23-18(28)15-9-14(24-25-15)13-6-1-2-7-16(13)26/h1-9,17,26-27H,10H2,(H,23,28)(H,24,25)/t17-/m1/s1. The van der Waals surface area contributed by atoms with Crippen molar-refractivity contribution < 1.29 is 28.2 Å². The number of hydrogen-bond acceptors (Lipinski definition) is 4. The first-order chi connectivity index (χ1) is 13.3. The van der Waals surface area contributed by atoms with E-state index in [2.05, 4.69) is 15.5 Å². The molecule has 0 radical (unpaired) electrons. The summed E-state index contributed by atoms with van der Waals surface area (Å²) in [7, 11) is 0. The summed E-state index contributed by atoms with van der Waals surface area (Å²) in [6.07, 6.45) is -5.83. The summed E-state index contributed by atoms with van der Waals surface area (Å²) >= 11 is 0. The van der Waals surface area contributed by atoms with Gasteiger partial charge in [0.25, 0.3) is 5.91 Å². The monoisotopic (exact) mass is 391 g/mol. The van der Waals surface area contributed by atoms with Gasteiger partial charge in [-0.3, -0.25) is 9.89 Å². The summed E-state index contributed by atoms with van der Waals surface area (Å²) in [4.78, 5) is 12.2. The lowest BCUT2D eigenvalue weighted by Gasteiger charge is -2.14. The number of para-hydroxylation sites is 1. The minimum Gasteiger partial charge on any atom is -0.507 e. The number of rotatable bonds is 5. The molecule has 9 heteroatoms. The quantitative estimate of drug-likeness (QED) is 0.537. The van der Waals surface area contributed by atoms with E-state index in [0.29, 0.717) is 11.3 Å². The lowest BCUT2D eigenvalue weighted by atomic mass is 10.1. The van der Waals surface area contributed by atoms with Gasteiger partial charge in [0.1, 0.15) is 11.4 Å². The molecule has 0 aliphatic heterocycles. The van der Waals surface area contributed by atoms with Crippen LogP contribution < -0.4 is 5.32 Å². The number of nitrogens with one attached hydrogen (secondary N) is 2. The van der Waals surface area contributed by atoms with Crippen LogP contribution in [0.1, 0.15) is 27.7 Å². The molecule has 0 spiro atoms. The Morgan fingerprint density at radius 3 is 2.61 bits per heavy atom. The van der Waals surface area contributed by atoms with E-state index in [1.807, 2.05) is 0 Å². The Morgan fingerprint density at radius 2 is 1.89 bits per heavy atom. The van der Waals surface area contributed by atoms with Gasteiger partial charge in [-0.15, -0.1) is 0 Å². The average molecular weight is 391 g/mol. The van der Waals surface area contributed by atoms with Gasteiger partial charge in [-0.2, -0.15) is 18.3 Å². The SMILES string of the molecule is O=C(NC[C@@H](O)c1cccc(C(F)(F)F)c1)c1cc(-c2ccccc2O)n[nH]1. The van der Waals surface area contributed by atoms with E-state index in [0.717, 1.165) is 12.1 Å². The molecule has 4 N–H and O–H groups in total. The molecular weight excluding hydrogens is 375 g/mol. The van der Waals surface area contributed by atoms with E-state index < -0.39 is 23.8 Å². The Labute approximate surface area is 157 Å². The summed E-state index contributed by atoms with van der Waals surface area (Å²) in [5, 5.41) is 28.8. The van der Waals surface area contributed by atoms with Crippen LogP contribution in [-0.4, -0.2) is 32.9 Å². The highest BCUT2D eigenvalue weighted by molar-refractivity contribution is 5.93. The van der Waals surface area contributed by atoms with E-state index in [4.69, 9.17) is 0 Å². The second-order valence-corrected chi connectivity index (χ2v) is 6.03. The maximum Gasteiger partial charge on any atom is 0.416 e. The second-order valence-electron chi connectivity index (χ2n) is 6.03. The number of aromatic hydroxyl groups is 1. The number of carbonyl (C=O) groups is 1. The summed E-state index contributed by atoms with van der Waals surface area (Å²) < 4.78 is 38.3. The van der Waals surface area contributed by atoms with Gasteiger partial charge in [0.2, 0.25) is 0 Å². The minimum atomic E-state index is -4.52. The fraction of sp³-hybridized carbons (Fsp3) is 0.158. The number of aromatic amines is 1. The number of aromatic nitrogens is 2. The molecule has 1 heterocycles. The number of carbonyl (C=O) groups excluding carboxylic acids is 1. The van der Waals surface area contributed by atoms with Crippen molar-refractivity contribution in [3.8, 4) is 17.0 Å². The van der Waals surface area contributed by atoms with Crippen molar-refractivity contribution in [3.05, 3.63) is 71.4 Å². The Bertz CT molecular complexity index is 986. The van der Waals surface area contributed by atoms with Crippen LogP contribution in [0.25, 0.3) is 11.3 Å². The van der Waals surface area contributed by atoms with Crippen LogP contribution in [0, 0.1) is 0 Å². The average Bonchev–Trinajstić information content (AvgIpc) is 3.15. The zero-order chi connectivity index (χ0) is 20.3. The first-order valence-corrected chi connectivity index (χ1v) is 8.23. The summed E-state index contributed by atoms with van der Waals surface area (Å²) in [5.74, 6) is -0.596. The number of amides is 1. The number of phenolic OH excluding ortho intramolecular Hbond substituents is 1. The molecule has 0 saturated heterocycles. The molecule has 0 saturated carbocycles. The summed E-state index contributed by atoms with van der Waals surface area (Å²) in [6.45, 7) is -0.287. The highest BCUT2D eigenvalue weighted by atomic mass is 19.4. The normalized spacial score (nSPS) is 12.6. The largest absolute Gasteiger partial charge is 0.507 e. The molecule has 28 heavy (non-hydrogen) atoms. The Balaban J connectivity index is 1.66. The molecule has 146 valence electrons. The highest BCUT2D eigenvalue weighted by Crippen LogP contribution is 2.31. The molecule has 1 atom stereocenters. The van der Waals surface area contributed by atoms with Crippen LogP contribution in [0.3, 0.4) is 0 Å². The third-order valence-electron chi connectivity index (χ3n) is 4.06. The maximum atomic E-state index is 12.8. The molecule has 3 aromatic rings. The number of nitrogens with zero attached hydrogens (tertiary/aromatic N) is 1. The van der Waals surface area contributed by atoms with Crippen molar-refractivity contribution in [1.29, 1.82) is 0 Å². The molecule has 3 rings (SSSR count). The predicted molar refractivity (Wildman–Crippen MR) is 94.4 cm³/mol. The third kappa shape index (κ3) is 4.32. The predicted octanol–water partition coefficient (Wildman–Crippen LogP) is 3.26. The van der Waals surface area contributed by atoms with E-state index in [9.17, 15) is 28.2 Å². The van der Waals surface area contributed by atoms with Gasteiger partial charge in [-0.1, -0.05) is 24.3 Å². The lowest BCUT2D eigenvalue weighted by Crippen LogP contribution is -2.28. The van der Waals surface area contributed by atoms with Crippen LogP contribution in [0.15, 0.2) is 54.6 Å². The smallest absolute Gasteiger partial charge is 0.416 e. The van der Waals surface area contributed by atoms with Crippen molar-refractivity contribution in [1.82, 2.24) is 15.5 Å². The van der Waals surface area contributed by atoms with Crippen molar-refractivity contribution >= 4 is 5.91 Å². The zero-order valence-corrected chi connectivity index (χ0v) is 14.4. The number of aliphatic hydroxyl groups excluding tert-OH is 1. The van der Waals surface area contributed by atoms with Crippen LogP contribution in [-0.2, 0) is 6.18 Å². The lowest BCUT2D eigenvalue weighted by molar-refractivity contribution is -0.137. The Kier molecular flexibility index (Phi) is 5.36. The topological polar surface area (TPSA) is 98.2 Å². The number of aliphatic hydroxyl groups is 1. The molecular formula is C19H16F3N3O3. The van der Waals surface area contributed by atoms with Crippen molar-refractivity contribution in [2.45, 2.75) is 12.3 Å². The molecule has 2 aromatic carbocycles. The van der Waals surface area contributed by atoms with Gasteiger partial charge in [-0.25, -0.2) is 0 Å². The molecule has 0 unspecified atom stereocenters. The van der Waals surface area contributed by atoms with Gasteiger partial charge in [0.15, 0.2) is 0 Å². The summed E-state index contributed by atoms with van der Waals surface area (Å²) in [5.41, 5.74) is 0.0175. The maximum absolute atomic E-state index is 12.8. The fourth-order valence-corrected chi connectivity index (χ4v) is 2.59. The molecule has 6 nitrogen and oxygen atoms in total. The molecule has 0 bridgehead atoms. The first-order valence-electron chi connectivity index (χ1n) is 8.23. The van der Waals surface area contributed by atoms with Crippen LogP contribution >= 0.6 is 0 Å². The number of phenols is 1. The zero-order valence-electron chi connectivity index (χ0n) is 14.4. The molecule has 0 fully saturated rings. The van der Waals surface area contributed by atoms with Gasteiger partial charge < -0.3 is 15.5 Å². The minimum absolute atomic E-state index is 0.000858. The van der Waals surface area contributed by atoms with Crippen molar-refractivity contribution in [2.75, 3.05) is 6.54 Å². The van der Waals surface area contributed by atoms with Gasteiger partial charge in [0, 0.05) is 12.1 Å². The van der Waals surface area contributed by atoms with Crippen LogP contribution in [0.5, 0.6) is 5.75 Å². The highest BCUT2D eigenvalue weighted by Gasteiger charge is 2.30. The molecule has 0 aliphatic carbocycles. The van der Waals surface area contributed by atoms with E-state index in [1.165, 1.54) is 24.3 Å². The van der Waals surface area contributed by atoms with Crippen molar-refractivity contribution in [3.63, 3.8) is 0 Å². The van der Waals surface area contributed by atoms with Gasteiger partial charge in [0.05, 0.1) is 17.4 Å². The third-order valence-corrected chi connectivity index (χ3v) is 4.06. The fourth-order valence-electron chi connectivity index (χ4n) is 2.59.